The Morgan fingerprint density at radius 2 is 2.15 bits per heavy atom. The second-order valence-corrected chi connectivity index (χ2v) is 7.21. The van der Waals surface area contributed by atoms with E-state index in [9.17, 15) is 0 Å². The molecule has 1 aromatic heterocycles. The normalized spacial score (nSPS) is 20.2. The first-order chi connectivity index (χ1) is 13.4. The number of furan rings is 1. The highest BCUT2D eigenvalue weighted by Crippen LogP contribution is 2.25. The second kappa shape index (κ2) is 11.1. The quantitative estimate of drug-likeness (QED) is 0.416. The highest BCUT2D eigenvalue weighted by Gasteiger charge is 2.24. The van der Waals surface area contributed by atoms with Crippen molar-refractivity contribution in [2.24, 2.45) is 4.99 Å². The molecule has 1 unspecified atom stereocenters. The van der Waals surface area contributed by atoms with Gasteiger partial charge in [0, 0.05) is 13.1 Å². The molecule has 0 aliphatic carbocycles. The summed E-state index contributed by atoms with van der Waals surface area (Å²) in [5.41, 5.74) is 1.48. The third-order valence-corrected chi connectivity index (χ3v) is 5.27. The molecule has 6 nitrogen and oxygen atoms in total. The molecule has 2 aliphatic heterocycles. The third kappa shape index (κ3) is 6.40. The fourth-order valence-electron chi connectivity index (χ4n) is 3.75. The Kier molecular flexibility index (Phi) is 8.24. The molecule has 150 valence electrons. The fourth-order valence-corrected chi connectivity index (χ4v) is 3.75. The zero-order valence-electron chi connectivity index (χ0n) is 16.6. The molecular formula is C21H34N4O2. The van der Waals surface area contributed by atoms with Gasteiger partial charge in [0.25, 0.3) is 0 Å². The molecule has 1 atom stereocenters. The van der Waals surface area contributed by atoms with E-state index in [2.05, 4.69) is 34.6 Å². The van der Waals surface area contributed by atoms with Crippen molar-refractivity contribution in [2.45, 2.75) is 45.1 Å². The number of ether oxygens (including phenoxy) is 1. The van der Waals surface area contributed by atoms with Crippen molar-refractivity contribution < 1.29 is 9.15 Å². The smallest absolute Gasteiger partial charge is 0.191 e. The van der Waals surface area contributed by atoms with Crippen LogP contribution in [0.4, 0.5) is 0 Å². The average Bonchev–Trinajstić information content (AvgIpc) is 3.24. The lowest BCUT2D eigenvalue weighted by molar-refractivity contribution is 0.150. The molecule has 27 heavy (non-hydrogen) atoms. The number of aliphatic imine (C=N–C) groups is 1. The Hall–Kier alpha value is -1.79. The predicted octanol–water partition coefficient (Wildman–Crippen LogP) is 3.10. The van der Waals surface area contributed by atoms with Crippen LogP contribution in [0.25, 0.3) is 0 Å². The summed E-state index contributed by atoms with van der Waals surface area (Å²) >= 11 is 0. The first kappa shape index (κ1) is 20.0. The maximum atomic E-state index is 5.73. The predicted molar refractivity (Wildman–Crippen MR) is 109 cm³/mol. The summed E-state index contributed by atoms with van der Waals surface area (Å²) in [6.07, 6.45) is 9.91. The number of hydrogen-bond acceptors (Lipinski definition) is 4. The van der Waals surface area contributed by atoms with Crippen LogP contribution in [0.15, 0.2) is 39.5 Å². The van der Waals surface area contributed by atoms with Crippen LogP contribution >= 0.6 is 0 Å². The Bertz CT molecular complexity index is 591. The molecule has 0 saturated carbocycles. The SMILES string of the molecule is CCNC(=NCC(c1ccco1)N1CCCCC1)NCCC1=CCOCC1. The zero-order valence-corrected chi connectivity index (χ0v) is 16.6. The van der Waals surface area contributed by atoms with Gasteiger partial charge in [-0.2, -0.15) is 0 Å². The van der Waals surface area contributed by atoms with Crippen molar-refractivity contribution in [3.8, 4) is 0 Å². The fraction of sp³-hybridized carbons (Fsp3) is 0.667. The maximum Gasteiger partial charge on any atom is 0.191 e. The molecule has 0 spiro atoms. The molecule has 1 aromatic rings. The number of hydrogen-bond donors (Lipinski definition) is 2. The monoisotopic (exact) mass is 374 g/mol. The van der Waals surface area contributed by atoms with E-state index in [1.807, 2.05) is 6.07 Å². The molecule has 0 amide bonds. The van der Waals surface area contributed by atoms with Crippen LogP contribution in [0, 0.1) is 0 Å². The van der Waals surface area contributed by atoms with Gasteiger partial charge in [0.15, 0.2) is 5.96 Å². The van der Waals surface area contributed by atoms with Crippen molar-refractivity contribution in [3.63, 3.8) is 0 Å². The number of guanidine groups is 1. The molecule has 0 radical (unpaired) electrons. The lowest BCUT2D eigenvalue weighted by atomic mass is 10.1. The number of likely N-dealkylation sites (tertiary alicyclic amines) is 1. The van der Waals surface area contributed by atoms with Gasteiger partial charge in [0.1, 0.15) is 5.76 Å². The summed E-state index contributed by atoms with van der Waals surface area (Å²) in [6, 6.07) is 4.27. The van der Waals surface area contributed by atoms with Gasteiger partial charge in [0.05, 0.1) is 32.1 Å². The van der Waals surface area contributed by atoms with E-state index in [1.54, 1.807) is 6.26 Å². The van der Waals surface area contributed by atoms with Gasteiger partial charge in [-0.1, -0.05) is 18.1 Å². The molecule has 2 N–H and O–H groups in total. The highest BCUT2D eigenvalue weighted by atomic mass is 16.5. The van der Waals surface area contributed by atoms with E-state index in [0.717, 1.165) is 64.0 Å². The highest BCUT2D eigenvalue weighted by molar-refractivity contribution is 5.79. The first-order valence-electron chi connectivity index (χ1n) is 10.4. The summed E-state index contributed by atoms with van der Waals surface area (Å²) in [5.74, 6) is 1.91. The number of nitrogens with zero attached hydrogens (tertiary/aromatic N) is 2. The molecule has 0 bridgehead atoms. The van der Waals surface area contributed by atoms with E-state index in [4.69, 9.17) is 14.1 Å². The van der Waals surface area contributed by atoms with E-state index in [0.29, 0.717) is 6.54 Å². The Morgan fingerprint density at radius 1 is 1.26 bits per heavy atom. The van der Waals surface area contributed by atoms with Crippen molar-refractivity contribution in [2.75, 3.05) is 45.9 Å². The first-order valence-corrected chi connectivity index (χ1v) is 10.4. The van der Waals surface area contributed by atoms with Gasteiger partial charge < -0.3 is 19.8 Å². The van der Waals surface area contributed by atoms with Crippen molar-refractivity contribution in [1.29, 1.82) is 0 Å². The molecule has 3 heterocycles. The van der Waals surface area contributed by atoms with Crippen LogP contribution in [0.2, 0.25) is 0 Å². The van der Waals surface area contributed by atoms with E-state index in [-0.39, 0.29) is 6.04 Å². The third-order valence-electron chi connectivity index (χ3n) is 5.27. The lowest BCUT2D eigenvalue weighted by Crippen LogP contribution is -2.40. The number of rotatable bonds is 8. The van der Waals surface area contributed by atoms with Crippen molar-refractivity contribution in [1.82, 2.24) is 15.5 Å². The van der Waals surface area contributed by atoms with Crippen molar-refractivity contribution in [3.05, 3.63) is 35.8 Å². The minimum Gasteiger partial charge on any atom is -0.468 e. The van der Waals surface area contributed by atoms with Crippen LogP contribution in [0.5, 0.6) is 0 Å². The largest absolute Gasteiger partial charge is 0.468 e. The zero-order chi connectivity index (χ0) is 18.7. The minimum atomic E-state index is 0.217. The number of nitrogens with one attached hydrogen (secondary N) is 2. The Morgan fingerprint density at radius 3 is 2.85 bits per heavy atom. The molecule has 3 rings (SSSR count). The molecule has 1 saturated heterocycles. The van der Waals surface area contributed by atoms with Crippen LogP contribution in [-0.2, 0) is 4.74 Å². The molecule has 0 aromatic carbocycles. The van der Waals surface area contributed by atoms with Crippen molar-refractivity contribution >= 4 is 5.96 Å². The Labute approximate surface area is 163 Å². The number of piperidine rings is 1. The topological polar surface area (TPSA) is 62.0 Å². The van der Waals surface area contributed by atoms with Crippen LogP contribution in [0.3, 0.4) is 0 Å². The van der Waals surface area contributed by atoms with E-state index >= 15 is 0 Å². The van der Waals surface area contributed by atoms with E-state index in [1.165, 1.54) is 24.8 Å². The van der Waals surface area contributed by atoms with E-state index < -0.39 is 0 Å². The summed E-state index contributed by atoms with van der Waals surface area (Å²) in [7, 11) is 0. The molecular weight excluding hydrogens is 340 g/mol. The summed E-state index contributed by atoms with van der Waals surface area (Å²) < 4.78 is 11.1. The van der Waals surface area contributed by atoms with Crippen LogP contribution in [-0.4, -0.2) is 56.8 Å². The van der Waals surface area contributed by atoms with Crippen LogP contribution in [0.1, 0.15) is 50.8 Å². The van der Waals surface area contributed by atoms with Gasteiger partial charge in [-0.15, -0.1) is 0 Å². The molecule has 1 fully saturated rings. The average molecular weight is 375 g/mol. The maximum absolute atomic E-state index is 5.73. The van der Waals surface area contributed by atoms with Crippen LogP contribution < -0.4 is 10.6 Å². The minimum absolute atomic E-state index is 0.217. The van der Waals surface area contributed by atoms with Gasteiger partial charge in [-0.3, -0.25) is 9.89 Å². The summed E-state index contributed by atoms with van der Waals surface area (Å²) in [5, 5.41) is 6.85. The molecule has 2 aliphatic rings. The van der Waals surface area contributed by atoms with Gasteiger partial charge >= 0.3 is 0 Å². The molecule has 6 heteroatoms. The van der Waals surface area contributed by atoms with Gasteiger partial charge in [0.2, 0.25) is 0 Å². The van der Waals surface area contributed by atoms with Gasteiger partial charge in [-0.25, -0.2) is 0 Å². The lowest BCUT2D eigenvalue weighted by Gasteiger charge is -2.32. The summed E-state index contributed by atoms with van der Waals surface area (Å²) in [6.45, 7) is 8.42. The standard InChI is InChI=1S/C21H34N4O2/c1-2-22-21(23-11-8-18-9-15-26-16-10-18)24-17-19(20-7-6-14-27-20)25-12-4-3-5-13-25/h6-7,9,14,19H,2-5,8,10-13,15-17H2,1H3,(H2,22,23,24). The van der Waals surface area contributed by atoms with Gasteiger partial charge in [-0.05, 0) is 57.8 Å². The Balaban J connectivity index is 1.57. The summed E-state index contributed by atoms with van der Waals surface area (Å²) in [4.78, 5) is 7.39. The second-order valence-electron chi connectivity index (χ2n) is 7.21.